The first-order chi connectivity index (χ1) is 15.4. The van der Waals surface area contributed by atoms with Gasteiger partial charge in [0.25, 0.3) is 5.91 Å². The summed E-state index contributed by atoms with van der Waals surface area (Å²) < 4.78 is 7.18. The van der Waals surface area contributed by atoms with Gasteiger partial charge in [-0.2, -0.15) is 0 Å². The third kappa shape index (κ3) is 4.54. The molecule has 162 valence electrons. The van der Waals surface area contributed by atoms with Crippen LogP contribution in [-0.4, -0.2) is 27.3 Å². The predicted octanol–water partition coefficient (Wildman–Crippen LogP) is 5.51. The topological polar surface area (TPSA) is 69.0 Å². The molecule has 0 spiro atoms. The van der Waals surface area contributed by atoms with Crippen molar-refractivity contribution in [1.82, 2.24) is 14.8 Å². The summed E-state index contributed by atoms with van der Waals surface area (Å²) in [7, 11) is 0. The van der Waals surface area contributed by atoms with Gasteiger partial charge in [-0.05, 0) is 81.3 Å². The first-order valence-corrected chi connectivity index (χ1v) is 10.6. The molecule has 0 aliphatic heterocycles. The Labute approximate surface area is 187 Å². The van der Waals surface area contributed by atoms with E-state index in [1.165, 1.54) is 5.56 Å². The van der Waals surface area contributed by atoms with Crippen molar-refractivity contribution in [3.63, 3.8) is 0 Å². The Bertz CT molecular complexity index is 1260. The maximum absolute atomic E-state index is 13.0. The van der Waals surface area contributed by atoms with Crippen molar-refractivity contribution in [1.29, 1.82) is 0 Å². The number of hydrogen-bond acceptors (Lipinski definition) is 4. The van der Waals surface area contributed by atoms with E-state index in [2.05, 4.69) is 35.3 Å². The average Bonchev–Trinajstić information content (AvgIpc) is 3.23. The van der Waals surface area contributed by atoms with Crippen molar-refractivity contribution in [2.75, 3.05) is 11.9 Å². The third-order valence-electron chi connectivity index (χ3n) is 5.24. The SMILES string of the molecule is CCOc1ccc(NC(=O)c2nc(-c3cccc(C)c3)n(-c3ccc(C)c(C)c3)n2)cc1. The van der Waals surface area contributed by atoms with E-state index in [1.54, 1.807) is 16.8 Å². The molecule has 0 fully saturated rings. The molecular weight excluding hydrogens is 400 g/mol. The standard InChI is InChI=1S/C26H26N4O2/c1-5-32-23-13-10-21(11-14-23)27-26(31)24-28-25(20-8-6-7-17(2)15-20)30(29-24)22-12-9-18(3)19(4)16-22/h6-16H,5H2,1-4H3,(H,27,31). The molecule has 6 nitrogen and oxygen atoms in total. The molecule has 4 aromatic rings. The molecule has 0 aliphatic rings. The Morgan fingerprint density at radius 1 is 0.969 bits per heavy atom. The molecule has 4 rings (SSSR count). The van der Waals surface area contributed by atoms with Crippen LogP contribution in [0.15, 0.2) is 66.7 Å². The second kappa shape index (κ2) is 9.06. The van der Waals surface area contributed by atoms with Gasteiger partial charge in [0.1, 0.15) is 5.75 Å². The Morgan fingerprint density at radius 2 is 1.75 bits per heavy atom. The molecular formula is C26H26N4O2. The summed E-state index contributed by atoms with van der Waals surface area (Å²) in [5.41, 5.74) is 5.86. The second-order valence-corrected chi connectivity index (χ2v) is 7.72. The fraction of sp³-hybridized carbons (Fsp3) is 0.192. The third-order valence-corrected chi connectivity index (χ3v) is 5.24. The van der Waals surface area contributed by atoms with Gasteiger partial charge in [0.2, 0.25) is 5.82 Å². The summed E-state index contributed by atoms with van der Waals surface area (Å²) in [6.07, 6.45) is 0. The van der Waals surface area contributed by atoms with E-state index in [1.807, 2.05) is 62.4 Å². The molecule has 0 unspecified atom stereocenters. The van der Waals surface area contributed by atoms with Crippen molar-refractivity contribution in [2.24, 2.45) is 0 Å². The maximum Gasteiger partial charge on any atom is 0.295 e. The van der Waals surface area contributed by atoms with Crippen LogP contribution in [0.1, 0.15) is 34.2 Å². The van der Waals surface area contributed by atoms with Gasteiger partial charge in [-0.15, -0.1) is 5.10 Å². The number of anilines is 1. The van der Waals surface area contributed by atoms with Gasteiger partial charge >= 0.3 is 0 Å². The lowest BCUT2D eigenvalue weighted by molar-refractivity contribution is 0.101. The van der Waals surface area contributed by atoms with E-state index in [9.17, 15) is 4.79 Å². The van der Waals surface area contributed by atoms with Gasteiger partial charge < -0.3 is 10.1 Å². The van der Waals surface area contributed by atoms with Crippen LogP contribution < -0.4 is 10.1 Å². The minimum atomic E-state index is -0.370. The molecule has 32 heavy (non-hydrogen) atoms. The molecule has 0 aliphatic carbocycles. The number of nitrogens with one attached hydrogen (secondary N) is 1. The maximum atomic E-state index is 13.0. The summed E-state index contributed by atoms with van der Waals surface area (Å²) in [5.74, 6) is 1.11. The zero-order chi connectivity index (χ0) is 22.7. The lowest BCUT2D eigenvalue weighted by atomic mass is 10.1. The largest absolute Gasteiger partial charge is 0.494 e. The Kier molecular flexibility index (Phi) is 6.03. The van der Waals surface area contributed by atoms with Crippen LogP contribution in [0.2, 0.25) is 0 Å². The first kappa shape index (κ1) is 21.3. The van der Waals surface area contributed by atoms with Crippen molar-refractivity contribution in [3.05, 3.63) is 89.2 Å². The number of aryl methyl sites for hydroxylation is 3. The number of amides is 1. The molecule has 0 radical (unpaired) electrons. The van der Waals surface area contributed by atoms with Crippen molar-refractivity contribution in [2.45, 2.75) is 27.7 Å². The average molecular weight is 427 g/mol. The zero-order valence-electron chi connectivity index (χ0n) is 18.7. The van der Waals surface area contributed by atoms with Crippen LogP contribution in [0.25, 0.3) is 17.1 Å². The number of carbonyl (C=O) groups is 1. The molecule has 1 heterocycles. The fourth-order valence-corrected chi connectivity index (χ4v) is 3.40. The Hall–Kier alpha value is -3.93. The minimum Gasteiger partial charge on any atom is -0.494 e. The normalized spacial score (nSPS) is 10.8. The lowest BCUT2D eigenvalue weighted by Gasteiger charge is -2.09. The van der Waals surface area contributed by atoms with Gasteiger partial charge in [0, 0.05) is 11.3 Å². The molecule has 1 N–H and O–H groups in total. The molecule has 6 heteroatoms. The van der Waals surface area contributed by atoms with Crippen LogP contribution in [0.5, 0.6) is 5.75 Å². The highest BCUT2D eigenvalue weighted by Crippen LogP contribution is 2.24. The summed E-state index contributed by atoms with van der Waals surface area (Å²) in [6, 6.07) is 21.3. The molecule has 1 amide bonds. The van der Waals surface area contributed by atoms with Crippen molar-refractivity contribution < 1.29 is 9.53 Å². The lowest BCUT2D eigenvalue weighted by Crippen LogP contribution is -2.14. The monoisotopic (exact) mass is 426 g/mol. The van der Waals surface area contributed by atoms with E-state index in [0.717, 1.165) is 28.1 Å². The van der Waals surface area contributed by atoms with Crippen LogP contribution in [0, 0.1) is 20.8 Å². The molecule has 0 saturated heterocycles. The molecule has 1 aromatic heterocycles. The number of ether oxygens (including phenoxy) is 1. The van der Waals surface area contributed by atoms with Gasteiger partial charge in [-0.25, -0.2) is 9.67 Å². The van der Waals surface area contributed by atoms with Gasteiger partial charge in [0.05, 0.1) is 12.3 Å². The van der Waals surface area contributed by atoms with E-state index in [4.69, 9.17) is 4.74 Å². The Morgan fingerprint density at radius 3 is 2.44 bits per heavy atom. The van der Waals surface area contributed by atoms with Crippen molar-refractivity contribution in [3.8, 4) is 22.8 Å². The minimum absolute atomic E-state index is 0.105. The Balaban J connectivity index is 1.71. The number of benzene rings is 3. The van der Waals surface area contributed by atoms with E-state index >= 15 is 0 Å². The van der Waals surface area contributed by atoms with Gasteiger partial charge in [-0.3, -0.25) is 4.79 Å². The number of nitrogens with zero attached hydrogens (tertiary/aromatic N) is 3. The van der Waals surface area contributed by atoms with Crippen molar-refractivity contribution >= 4 is 11.6 Å². The summed E-state index contributed by atoms with van der Waals surface area (Å²) in [5, 5.41) is 7.44. The zero-order valence-corrected chi connectivity index (χ0v) is 18.7. The quantitative estimate of drug-likeness (QED) is 0.441. The number of aromatic nitrogens is 3. The van der Waals surface area contributed by atoms with E-state index < -0.39 is 0 Å². The van der Waals surface area contributed by atoms with Gasteiger partial charge in [0.15, 0.2) is 5.82 Å². The smallest absolute Gasteiger partial charge is 0.295 e. The van der Waals surface area contributed by atoms with E-state index in [-0.39, 0.29) is 11.7 Å². The summed E-state index contributed by atoms with van der Waals surface area (Å²) in [4.78, 5) is 17.6. The number of hydrogen-bond donors (Lipinski definition) is 1. The fourth-order valence-electron chi connectivity index (χ4n) is 3.40. The molecule has 3 aromatic carbocycles. The highest BCUT2D eigenvalue weighted by Gasteiger charge is 2.19. The van der Waals surface area contributed by atoms with E-state index in [0.29, 0.717) is 18.1 Å². The number of rotatable bonds is 6. The summed E-state index contributed by atoms with van der Waals surface area (Å²) >= 11 is 0. The second-order valence-electron chi connectivity index (χ2n) is 7.72. The van der Waals surface area contributed by atoms with Crippen LogP contribution in [0.4, 0.5) is 5.69 Å². The van der Waals surface area contributed by atoms with Crippen LogP contribution in [-0.2, 0) is 0 Å². The number of carbonyl (C=O) groups excluding carboxylic acids is 1. The predicted molar refractivity (Wildman–Crippen MR) is 127 cm³/mol. The molecule has 0 bridgehead atoms. The summed E-state index contributed by atoms with van der Waals surface area (Å²) in [6.45, 7) is 8.67. The van der Waals surface area contributed by atoms with Crippen LogP contribution >= 0.6 is 0 Å². The van der Waals surface area contributed by atoms with Crippen LogP contribution in [0.3, 0.4) is 0 Å². The molecule has 0 saturated carbocycles. The first-order valence-electron chi connectivity index (χ1n) is 10.6. The van der Waals surface area contributed by atoms with Gasteiger partial charge in [-0.1, -0.05) is 29.8 Å². The highest BCUT2D eigenvalue weighted by molar-refractivity contribution is 6.01. The molecule has 0 atom stereocenters. The highest BCUT2D eigenvalue weighted by atomic mass is 16.5.